The first kappa shape index (κ1) is 27.0. The lowest BCUT2D eigenvalue weighted by Gasteiger charge is -2.17. The molecule has 1 aliphatic rings. The average molecular weight is 544 g/mol. The summed E-state index contributed by atoms with van der Waals surface area (Å²) in [7, 11) is 0. The van der Waals surface area contributed by atoms with Crippen molar-refractivity contribution in [2.75, 3.05) is 6.54 Å². The number of carbonyl (C=O) groups is 2. The molecule has 9 heteroatoms. The maximum atomic E-state index is 13.3. The van der Waals surface area contributed by atoms with E-state index in [1.807, 2.05) is 67.6 Å². The van der Waals surface area contributed by atoms with Crippen LogP contribution in [0, 0.1) is 25.2 Å². The number of ketones is 1. The summed E-state index contributed by atoms with van der Waals surface area (Å²) in [6.45, 7) is 3.56. The van der Waals surface area contributed by atoms with Gasteiger partial charge in [-0.25, -0.2) is 0 Å². The number of Topliss-reactive ketones (excluding diaryl/α,β-unsaturated/α-hetero) is 1. The Kier molecular flexibility index (Phi) is 8.25. The molecular weight excluding hydrogens is 518 g/mol. The largest absolute Gasteiger partial charge is 0.494 e. The first-order valence-corrected chi connectivity index (χ1v) is 13.2. The Morgan fingerprint density at radius 1 is 1.08 bits per heavy atom. The molecule has 0 saturated carbocycles. The molecule has 0 radical (unpaired) electrons. The Morgan fingerprint density at radius 3 is 2.42 bits per heavy atom. The van der Waals surface area contributed by atoms with Crippen LogP contribution in [0.5, 0.6) is 5.88 Å². The van der Waals surface area contributed by atoms with Gasteiger partial charge in [0, 0.05) is 19.5 Å². The molecule has 1 aliphatic heterocycles. The van der Waals surface area contributed by atoms with Crippen molar-refractivity contribution >= 4 is 46.1 Å². The maximum absolute atomic E-state index is 13.3. The highest BCUT2D eigenvalue weighted by atomic mass is 32.2. The van der Waals surface area contributed by atoms with Gasteiger partial charge in [0.25, 0.3) is 11.5 Å². The van der Waals surface area contributed by atoms with Crippen LogP contribution >= 0.6 is 24.0 Å². The molecule has 38 heavy (non-hydrogen) atoms. The van der Waals surface area contributed by atoms with Crippen molar-refractivity contribution in [1.29, 1.82) is 5.26 Å². The molecule has 2 heterocycles. The number of thioether (sulfide) groups is 1. The number of thiocarbonyl (C=S) groups is 1. The second-order valence-corrected chi connectivity index (χ2v) is 10.6. The van der Waals surface area contributed by atoms with Crippen molar-refractivity contribution in [2.45, 2.75) is 33.2 Å². The summed E-state index contributed by atoms with van der Waals surface area (Å²) in [5, 5.41) is 20.6. The van der Waals surface area contributed by atoms with Crippen molar-refractivity contribution in [3.05, 3.63) is 103 Å². The lowest BCUT2D eigenvalue weighted by Crippen LogP contribution is -2.31. The molecule has 1 aromatic heterocycles. The molecule has 0 spiro atoms. The zero-order valence-corrected chi connectivity index (χ0v) is 22.6. The van der Waals surface area contributed by atoms with E-state index in [4.69, 9.17) is 12.2 Å². The Morgan fingerprint density at radius 2 is 1.76 bits per heavy atom. The van der Waals surface area contributed by atoms with Gasteiger partial charge in [-0.2, -0.15) is 5.26 Å². The number of benzene rings is 2. The predicted octanol–water partition coefficient (Wildman–Crippen LogP) is 4.76. The zero-order chi connectivity index (χ0) is 27.4. The summed E-state index contributed by atoms with van der Waals surface area (Å²) in [6, 6.07) is 19.0. The number of nitriles is 1. The fraction of sp³-hybridized carbons (Fsp3) is 0.207. The minimum Gasteiger partial charge on any atom is -0.494 e. The highest BCUT2D eigenvalue weighted by molar-refractivity contribution is 8.26. The van der Waals surface area contributed by atoms with Crippen molar-refractivity contribution in [1.82, 2.24) is 9.47 Å². The van der Waals surface area contributed by atoms with Crippen LogP contribution < -0.4 is 5.56 Å². The van der Waals surface area contributed by atoms with Crippen LogP contribution in [-0.4, -0.2) is 37.1 Å². The molecule has 0 atom stereocenters. The minimum absolute atomic E-state index is 0.0125. The molecule has 1 amide bonds. The molecule has 1 fully saturated rings. The van der Waals surface area contributed by atoms with Gasteiger partial charge < -0.3 is 5.11 Å². The Bertz CT molecular complexity index is 1550. The number of rotatable bonds is 8. The van der Waals surface area contributed by atoms with E-state index in [0.717, 1.165) is 21.3 Å². The van der Waals surface area contributed by atoms with E-state index < -0.39 is 17.2 Å². The Labute approximate surface area is 230 Å². The molecular formula is C29H25N3O4S2. The number of aromatic nitrogens is 1. The van der Waals surface area contributed by atoms with E-state index in [1.165, 1.54) is 23.6 Å². The summed E-state index contributed by atoms with van der Waals surface area (Å²) in [5.41, 5.74) is 2.13. The lowest BCUT2D eigenvalue weighted by molar-refractivity contribution is -0.122. The quantitative estimate of drug-likeness (QED) is 0.248. The first-order valence-electron chi connectivity index (χ1n) is 12.0. The summed E-state index contributed by atoms with van der Waals surface area (Å²) in [6.07, 6.45) is 2.05. The van der Waals surface area contributed by atoms with Crippen molar-refractivity contribution in [3.8, 4) is 11.9 Å². The third-order valence-corrected chi connectivity index (χ3v) is 7.73. The van der Waals surface area contributed by atoms with Crippen LogP contribution in [0.4, 0.5) is 0 Å². The first-order chi connectivity index (χ1) is 18.2. The van der Waals surface area contributed by atoms with E-state index in [1.54, 1.807) is 6.08 Å². The van der Waals surface area contributed by atoms with Gasteiger partial charge in [0.2, 0.25) is 5.88 Å². The third kappa shape index (κ3) is 5.62. The number of carbonyl (C=O) groups excluding carboxylic acids is 2. The Hall–Kier alpha value is -4.00. The van der Waals surface area contributed by atoms with Gasteiger partial charge in [0.1, 0.15) is 16.0 Å². The molecule has 7 nitrogen and oxygen atoms in total. The summed E-state index contributed by atoms with van der Waals surface area (Å²) < 4.78 is 1.41. The minimum atomic E-state index is -0.645. The van der Waals surface area contributed by atoms with Crippen LogP contribution in [-0.2, 0) is 17.8 Å². The van der Waals surface area contributed by atoms with Crippen LogP contribution in [0.1, 0.15) is 44.6 Å². The van der Waals surface area contributed by atoms with E-state index in [-0.39, 0.29) is 42.1 Å². The lowest BCUT2D eigenvalue weighted by atomic mass is 9.99. The number of amides is 1. The molecule has 3 aromatic rings. The molecule has 4 rings (SSSR count). The highest BCUT2D eigenvalue weighted by Crippen LogP contribution is 2.33. The number of aromatic hydroxyl groups is 1. The van der Waals surface area contributed by atoms with E-state index in [0.29, 0.717) is 15.6 Å². The van der Waals surface area contributed by atoms with Gasteiger partial charge in [-0.05, 0) is 43.0 Å². The monoisotopic (exact) mass is 543 g/mol. The second kappa shape index (κ2) is 11.6. The van der Waals surface area contributed by atoms with Crippen LogP contribution in [0.3, 0.4) is 0 Å². The molecule has 192 valence electrons. The topological polar surface area (TPSA) is 103 Å². The Balaban J connectivity index is 1.54. The standard InChI is InChI=1S/C29H25N3O4S2/c1-18-8-10-21(11-9-18)16-24-27(35)32(29(37)38-24)15-13-23(33)25-19(2)22(17-30)26(34)31(28(25)36)14-12-20-6-4-3-5-7-20/h3-11,16,36H,12-15H2,1-2H3/b24-16-. The number of aryl methyl sites for hydroxylation is 2. The smallest absolute Gasteiger partial charge is 0.271 e. The molecule has 1 saturated heterocycles. The number of hydrogen-bond donors (Lipinski definition) is 1. The van der Waals surface area contributed by atoms with Gasteiger partial charge >= 0.3 is 0 Å². The zero-order valence-electron chi connectivity index (χ0n) is 20.9. The summed E-state index contributed by atoms with van der Waals surface area (Å²) >= 11 is 6.56. The van der Waals surface area contributed by atoms with E-state index in [2.05, 4.69) is 0 Å². The van der Waals surface area contributed by atoms with Crippen molar-refractivity contribution < 1.29 is 14.7 Å². The van der Waals surface area contributed by atoms with Gasteiger partial charge in [-0.1, -0.05) is 84.1 Å². The fourth-order valence-corrected chi connectivity index (χ4v) is 5.53. The number of hydrogen-bond acceptors (Lipinski definition) is 7. The van der Waals surface area contributed by atoms with Crippen LogP contribution in [0.2, 0.25) is 0 Å². The third-order valence-electron chi connectivity index (χ3n) is 6.36. The maximum Gasteiger partial charge on any atom is 0.271 e. The van der Waals surface area contributed by atoms with E-state index >= 15 is 0 Å². The second-order valence-electron chi connectivity index (χ2n) is 8.92. The van der Waals surface area contributed by atoms with Crippen molar-refractivity contribution in [2.24, 2.45) is 0 Å². The fourth-order valence-electron chi connectivity index (χ4n) is 4.22. The van der Waals surface area contributed by atoms with Gasteiger partial charge in [0.05, 0.1) is 10.5 Å². The molecule has 0 bridgehead atoms. The number of nitrogens with zero attached hydrogens (tertiary/aromatic N) is 3. The highest BCUT2D eigenvalue weighted by Gasteiger charge is 2.33. The van der Waals surface area contributed by atoms with E-state index in [9.17, 15) is 24.8 Å². The molecule has 2 aromatic carbocycles. The SMILES string of the molecule is Cc1ccc(/C=C2\SC(=S)N(CCC(=O)c3c(C)c(C#N)c(=O)n(CCc4ccccc4)c3O)C2=O)cc1. The predicted molar refractivity (Wildman–Crippen MR) is 152 cm³/mol. The normalized spacial score (nSPS) is 14.2. The molecule has 0 unspecified atom stereocenters. The van der Waals surface area contributed by atoms with Crippen LogP contribution in [0.15, 0.2) is 64.3 Å². The molecule has 1 N–H and O–H groups in total. The molecule has 0 aliphatic carbocycles. The van der Waals surface area contributed by atoms with Crippen LogP contribution in [0.25, 0.3) is 6.08 Å². The average Bonchev–Trinajstić information content (AvgIpc) is 3.16. The van der Waals surface area contributed by atoms with Gasteiger partial charge in [-0.15, -0.1) is 0 Å². The van der Waals surface area contributed by atoms with Gasteiger partial charge in [-0.3, -0.25) is 23.9 Å². The summed E-state index contributed by atoms with van der Waals surface area (Å²) in [5.74, 6) is -1.25. The number of pyridine rings is 1. The van der Waals surface area contributed by atoms with Gasteiger partial charge in [0.15, 0.2) is 5.78 Å². The van der Waals surface area contributed by atoms with Crippen molar-refractivity contribution in [3.63, 3.8) is 0 Å². The summed E-state index contributed by atoms with van der Waals surface area (Å²) in [4.78, 5) is 41.0.